The molecule has 3 heteroatoms. The van der Waals surface area contributed by atoms with Gasteiger partial charge in [-0.15, -0.1) is 0 Å². The molecule has 0 saturated carbocycles. The van der Waals surface area contributed by atoms with Crippen molar-refractivity contribution in [1.29, 1.82) is 0 Å². The lowest BCUT2D eigenvalue weighted by Crippen LogP contribution is -2.30. The molecule has 0 saturated heterocycles. The van der Waals surface area contributed by atoms with Crippen LogP contribution in [0.25, 0.3) is 0 Å². The van der Waals surface area contributed by atoms with E-state index < -0.39 is 0 Å². The molecule has 1 aromatic carbocycles. The first-order valence-corrected chi connectivity index (χ1v) is 7.77. The summed E-state index contributed by atoms with van der Waals surface area (Å²) in [6, 6.07) is 10.3. The zero-order valence-electron chi connectivity index (χ0n) is 12.6. The van der Waals surface area contributed by atoms with Gasteiger partial charge in [0, 0.05) is 13.0 Å². The van der Waals surface area contributed by atoms with Gasteiger partial charge in [-0.25, -0.2) is 0 Å². The summed E-state index contributed by atoms with van der Waals surface area (Å²) in [7, 11) is 0. The molecule has 1 rings (SSSR count). The highest BCUT2D eigenvalue weighted by Crippen LogP contribution is 2.09. The van der Waals surface area contributed by atoms with Gasteiger partial charge in [-0.3, -0.25) is 4.79 Å². The molecule has 1 amide bonds. The Balaban J connectivity index is 2.16. The Morgan fingerprint density at radius 1 is 1.25 bits per heavy atom. The first-order chi connectivity index (χ1) is 9.76. The van der Waals surface area contributed by atoms with Gasteiger partial charge < -0.3 is 11.1 Å². The number of carbonyl (C=O) groups is 1. The molecule has 1 unspecified atom stereocenters. The quantitative estimate of drug-likeness (QED) is 0.690. The van der Waals surface area contributed by atoms with Crippen molar-refractivity contribution in [3.05, 3.63) is 35.9 Å². The summed E-state index contributed by atoms with van der Waals surface area (Å²) < 4.78 is 0. The standard InChI is InChI=1S/C17H28N2O/c1-2-7-16(12-13-18)14-19-17(20)11-6-10-15-8-4-3-5-9-15/h3-5,8-9,16H,2,6-7,10-14,18H2,1H3,(H,19,20). The highest BCUT2D eigenvalue weighted by atomic mass is 16.1. The molecule has 0 spiro atoms. The number of benzene rings is 1. The summed E-state index contributed by atoms with van der Waals surface area (Å²) in [4.78, 5) is 11.8. The normalized spacial score (nSPS) is 12.1. The second kappa shape index (κ2) is 10.4. The second-order valence-electron chi connectivity index (χ2n) is 5.38. The minimum absolute atomic E-state index is 0.166. The predicted molar refractivity (Wildman–Crippen MR) is 84.5 cm³/mol. The van der Waals surface area contributed by atoms with Gasteiger partial charge in [-0.1, -0.05) is 43.7 Å². The van der Waals surface area contributed by atoms with Gasteiger partial charge in [0.1, 0.15) is 0 Å². The van der Waals surface area contributed by atoms with Gasteiger partial charge in [0.15, 0.2) is 0 Å². The summed E-state index contributed by atoms with van der Waals surface area (Å²) in [5.41, 5.74) is 6.90. The molecular weight excluding hydrogens is 248 g/mol. The fourth-order valence-corrected chi connectivity index (χ4v) is 2.44. The van der Waals surface area contributed by atoms with Crippen LogP contribution in [0, 0.1) is 5.92 Å². The van der Waals surface area contributed by atoms with E-state index in [1.165, 1.54) is 5.56 Å². The molecule has 112 valence electrons. The smallest absolute Gasteiger partial charge is 0.220 e. The predicted octanol–water partition coefficient (Wildman–Crippen LogP) is 2.89. The van der Waals surface area contributed by atoms with E-state index in [0.717, 1.165) is 38.6 Å². The van der Waals surface area contributed by atoms with E-state index in [0.29, 0.717) is 18.9 Å². The molecule has 1 aromatic rings. The van der Waals surface area contributed by atoms with E-state index in [1.807, 2.05) is 18.2 Å². The maximum absolute atomic E-state index is 11.8. The fraction of sp³-hybridized carbons (Fsp3) is 0.588. The second-order valence-corrected chi connectivity index (χ2v) is 5.38. The maximum atomic E-state index is 11.8. The van der Waals surface area contributed by atoms with Gasteiger partial charge >= 0.3 is 0 Å². The Kier molecular flexibility index (Phi) is 8.72. The first kappa shape index (κ1) is 16.7. The van der Waals surface area contributed by atoms with E-state index in [9.17, 15) is 4.79 Å². The molecular formula is C17H28N2O. The third kappa shape index (κ3) is 7.29. The van der Waals surface area contributed by atoms with Crippen LogP contribution in [0.2, 0.25) is 0 Å². The van der Waals surface area contributed by atoms with Crippen LogP contribution in [0.5, 0.6) is 0 Å². The molecule has 0 bridgehead atoms. The van der Waals surface area contributed by atoms with Crippen LogP contribution in [0.15, 0.2) is 30.3 Å². The summed E-state index contributed by atoms with van der Waals surface area (Å²) in [5, 5.41) is 3.04. The van der Waals surface area contributed by atoms with E-state index in [-0.39, 0.29) is 5.91 Å². The highest BCUT2D eigenvalue weighted by molar-refractivity contribution is 5.75. The van der Waals surface area contributed by atoms with Crippen LogP contribution in [0.4, 0.5) is 0 Å². The van der Waals surface area contributed by atoms with Gasteiger partial charge in [-0.2, -0.15) is 0 Å². The molecule has 1 atom stereocenters. The third-order valence-electron chi connectivity index (χ3n) is 3.57. The lowest BCUT2D eigenvalue weighted by molar-refractivity contribution is -0.121. The lowest BCUT2D eigenvalue weighted by Gasteiger charge is -2.15. The Bertz CT molecular complexity index is 359. The largest absolute Gasteiger partial charge is 0.356 e. The number of rotatable bonds is 10. The topological polar surface area (TPSA) is 55.1 Å². The van der Waals surface area contributed by atoms with Gasteiger partial charge in [0.25, 0.3) is 0 Å². The third-order valence-corrected chi connectivity index (χ3v) is 3.57. The van der Waals surface area contributed by atoms with Crippen LogP contribution < -0.4 is 11.1 Å². The van der Waals surface area contributed by atoms with E-state index in [4.69, 9.17) is 5.73 Å². The molecule has 0 radical (unpaired) electrons. The van der Waals surface area contributed by atoms with Crippen LogP contribution in [0.3, 0.4) is 0 Å². The van der Waals surface area contributed by atoms with Crippen molar-refractivity contribution in [2.45, 2.75) is 45.4 Å². The molecule has 0 aliphatic rings. The Morgan fingerprint density at radius 3 is 2.65 bits per heavy atom. The SMILES string of the molecule is CCCC(CCN)CNC(=O)CCCc1ccccc1. The van der Waals surface area contributed by atoms with Crippen molar-refractivity contribution in [3.8, 4) is 0 Å². The summed E-state index contributed by atoms with van der Waals surface area (Å²) in [6.45, 7) is 3.65. The molecule has 3 N–H and O–H groups in total. The monoisotopic (exact) mass is 276 g/mol. The number of hydrogen-bond acceptors (Lipinski definition) is 2. The fourth-order valence-electron chi connectivity index (χ4n) is 2.44. The van der Waals surface area contributed by atoms with E-state index in [1.54, 1.807) is 0 Å². The summed E-state index contributed by atoms with van der Waals surface area (Å²) >= 11 is 0. The van der Waals surface area contributed by atoms with Crippen LogP contribution in [0.1, 0.15) is 44.6 Å². The molecule has 0 fully saturated rings. The van der Waals surface area contributed by atoms with Crippen molar-refractivity contribution < 1.29 is 4.79 Å². The van der Waals surface area contributed by atoms with Gasteiger partial charge in [-0.05, 0) is 43.7 Å². The number of aryl methyl sites for hydroxylation is 1. The number of nitrogens with two attached hydrogens (primary N) is 1. The molecule has 0 aliphatic carbocycles. The zero-order valence-corrected chi connectivity index (χ0v) is 12.6. The number of carbonyl (C=O) groups excluding carboxylic acids is 1. The van der Waals surface area contributed by atoms with Gasteiger partial charge in [0.05, 0.1) is 0 Å². The first-order valence-electron chi connectivity index (χ1n) is 7.77. The molecule has 0 aromatic heterocycles. The van der Waals surface area contributed by atoms with Crippen LogP contribution in [-0.4, -0.2) is 19.0 Å². The van der Waals surface area contributed by atoms with Crippen molar-refractivity contribution in [1.82, 2.24) is 5.32 Å². The van der Waals surface area contributed by atoms with Crippen molar-refractivity contribution in [3.63, 3.8) is 0 Å². The highest BCUT2D eigenvalue weighted by Gasteiger charge is 2.08. The minimum atomic E-state index is 0.166. The zero-order chi connectivity index (χ0) is 14.6. The number of hydrogen-bond donors (Lipinski definition) is 2. The number of amides is 1. The minimum Gasteiger partial charge on any atom is -0.356 e. The Morgan fingerprint density at radius 2 is 2.00 bits per heavy atom. The summed E-state index contributed by atoms with van der Waals surface area (Å²) in [6.07, 6.45) is 5.77. The van der Waals surface area contributed by atoms with Crippen molar-refractivity contribution in [2.75, 3.05) is 13.1 Å². The van der Waals surface area contributed by atoms with Crippen molar-refractivity contribution in [2.24, 2.45) is 11.7 Å². The average Bonchev–Trinajstić information content (AvgIpc) is 2.46. The molecule has 0 heterocycles. The molecule has 20 heavy (non-hydrogen) atoms. The molecule has 0 aliphatic heterocycles. The maximum Gasteiger partial charge on any atom is 0.220 e. The lowest BCUT2D eigenvalue weighted by atomic mass is 10.00. The average molecular weight is 276 g/mol. The number of nitrogens with one attached hydrogen (secondary N) is 1. The van der Waals surface area contributed by atoms with E-state index >= 15 is 0 Å². The Hall–Kier alpha value is -1.35. The van der Waals surface area contributed by atoms with Gasteiger partial charge in [0.2, 0.25) is 5.91 Å². The van der Waals surface area contributed by atoms with Crippen LogP contribution >= 0.6 is 0 Å². The van der Waals surface area contributed by atoms with Crippen molar-refractivity contribution >= 4 is 5.91 Å². The Labute approximate surface area is 122 Å². The molecule has 3 nitrogen and oxygen atoms in total. The van der Waals surface area contributed by atoms with Crippen LogP contribution in [-0.2, 0) is 11.2 Å². The summed E-state index contributed by atoms with van der Waals surface area (Å²) in [5.74, 6) is 0.696. The van der Waals surface area contributed by atoms with E-state index in [2.05, 4.69) is 24.4 Å².